The molecule has 0 saturated carbocycles. The maximum absolute atomic E-state index is 4.31. The molecule has 94 valence electrons. The minimum Gasteiger partial charge on any atom is -0.388 e. The van der Waals surface area contributed by atoms with Gasteiger partial charge in [0.15, 0.2) is 0 Å². The molecule has 1 heterocycles. The normalized spacial score (nSPS) is 10.4. The second kappa shape index (κ2) is 5.63. The Morgan fingerprint density at radius 3 is 2.67 bits per heavy atom. The lowest BCUT2D eigenvalue weighted by molar-refractivity contribution is 0.994. The summed E-state index contributed by atoms with van der Waals surface area (Å²) in [6.07, 6.45) is 3.53. The van der Waals surface area contributed by atoms with Crippen LogP contribution in [-0.4, -0.2) is 17.0 Å². The van der Waals surface area contributed by atoms with Gasteiger partial charge in [0.2, 0.25) is 0 Å². The standard InChI is InChI=1S/C15H19N3/c1-4-13-8-12(5-6-15(13)16-3)9-14-7-11(2)17-10-18-14/h5-8,10,16H,4,9H2,1-3H3. The van der Waals surface area contributed by atoms with Gasteiger partial charge in [-0.15, -0.1) is 0 Å². The highest BCUT2D eigenvalue weighted by molar-refractivity contribution is 5.52. The van der Waals surface area contributed by atoms with Crippen LogP contribution in [0.2, 0.25) is 0 Å². The fraction of sp³-hybridized carbons (Fsp3) is 0.333. The van der Waals surface area contributed by atoms with E-state index in [1.807, 2.05) is 20.0 Å². The molecule has 0 aliphatic heterocycles. The quantitative estimate of drug-likeness (QED) is 0.894. The maximum atomic E-state index is 4.31. The molecule has 3 nitrogen and oxygen atoms in total. The van der Waals surface area contributed by atoms with Crippen molar-refractivity contribution in [1.82, 2.24) is 9.97 Å². The number of rotatable bonds is 4. The molecule has 2 aromatic rings. The molecule has 0 radical (unpaired) electrons. The third-order valence-corrected chi connectivity index (χ3v) is 3.07. The van der Waals surface area contributed by atoms with Crippen molar-refractivity contribution in [2.24, 2.45) is 0 Å². The molecule has 18 heavy (non-hydrogen) atoms. The van der Waals surface area contributed by atoms with Gasteiger partial charge < -0.3 is 5.32 Å². The van der Waals surface area contributed by atoms with Crippen LogP contribution in [0.5, 0.6) is 0 Å². The smallest absolute Gasteiger partial charge is 0.115 e. The first-order valence-electron chi connectivity index (χ1n) is 6.30. The predicted octanol–water partition coefficient (Wildman–Crippen LogP) is 2.98. The molecule has 0 saturated heterocycles. The van der Waals surface area contributed by atoms with E-state index in [-0.39, 0.29) is 0 Å². The third-order valence-electron chi connectivity index (χ3n) is 3.07. The molecule has 0 spiro atoms. The molecule has 0 atom stereocenters. The van der Waals surface area contributed by atoms with Crippen LogP contribution in [0.4, 0.5) is 5.69 Å². The fourth-order valence-corrected chi connectivity index (χ4v) is 2.11. The monoisotopic (exact) mass is 241 g/mol. The van der Waals surface area contributed by atoms with Gasteiger partial charge in [-0.1, -0.05) is 19.1 Å². The molecule has 3 heteroatoms. The van der Waals surface area contributed by atoms with Crippen molar-refractivity contribution >= 4 is 5.69 Å². The van der Waals surface area contributed by atoms with E-state index in [4.69, 9.17) is 0 Å². The van der Waals surface area contributed by atoms with Crippen LogP contribution in [0.15, 0.2) is 30.6 Å². The van der Waals surface area contributed by atoms with Crippen LogP contribution >= 0.6 is 0 Å². The van der Waals surface area contributed by atoms with E-state index in [9.17, 15) is 0 Å². The van der Waals surface area contributed by atoms with E-state index in [1.54, 1.807) is 6.33 Å². The Bertz CT molecular complexity index is 535. The Labute approximate surface area is 108 Å². The molecule has 1 aromatic heterocycles. The average Bonchev–Trinajstić information content (AvgIpc) is 2.38. The van der Waals surface area contributed by atoms with Gasteiger partial charge in [0.1, 0.15) is 6.33 Å². The first-order chi connectivity index (χ1) is 8.72. The number of aryl methyl sites for hydroxylation is 2. The van der Waals surface area contributed by atoms with Crippen LogP contribution in [0.1, 0.15) is 29.4 Å². The molecule has 0 aliphatic carbocycles. The fourth-order valence-electron chi connectivity index (χ4n) is 2.11. The minimum atomic E-state index is 0.861. The first-order valence-corrected chi connectivity index (χ1v) is 6.30. The highest BCUT2D eigenvalue weighted by atomic mass is 14.8. The summed E-state index contributed by atoms with van der Waals surface area (Å²) in [5.74, 6) is 0. The highest BCUT2D eigenvalue weighted by Gasteiger charge is 2.03. The highest BCUT2D eigenvalue weighted by Crippen LogP contribution is 2.19. The summed E-state index contributed by atoms with van der Waals surface area (Å²) in [5.41, 5.74) is 5.94. The van der Waals surface area contributed by atoms with E-state index in [1.165, 1.54) is 16.8 Å². The first kappa shape index (κ1) is 12.6. The average molecular weight is 241 g/mol. The topological polar surface area (TPSA) is 37.8 Å². The van der Waals surface area contributed by atoms with Gasteiger partial charge in [-0.2, -0.15) is 0 Å². The zero-order valence-corrected chi connectivity index (χ0v) is 11.2. The van der Waals surface area contributed by atoms with Crippen LogP contribution in [0.3, 0.4) is 0 Å². The SMILES string of the molecule is CCc1cc(Cc2cc(C)ncn2)ccc1NC. The zero-order chi connectivity index (χ0) is 13.0. The molecule has 0 fully saturated rings. The summed E-state index contributed by atoms with van der Waals surface area (Å²) in [6.45, 7) is 4.17. The van der Waals surface area contributed by atoms with Gasteiger partial charge >= 0.3 is 0 Å². The van der Waals surface area contributed by atoms with Gasteiger partial charge in [0, 0.05) is 30.5 Å². The van der Waals surface area contributed by atoms with Crippen LogP contribution in [0, 0.1) is 6.92 Å². The number of aromatic nitrogens is 2. The van der Waals surface area contributed by atoms with Gasteiger partial charge in [-0.25, -0.2) is 9.97 Å². The van der Waals surface area contributed by atoms with E-state index in [2.05, 4.69) is 40.4 Å². The van der Waals surface area contributed by atoms with Crippen molar-refractivity contribution in [3.05, 3.63) is 53.1 Å². The van der Waals surface area contributed by atoms with Gasteiger partial charge in [0.25, 0.3) is 0 Å². The van der Waals surface area contributed by atoms with Gasteiger partial charge in [0.05, 0.1) is 0 Å². The number of nitrogens with zero attached hydrogens (tertiary/aromatic N) is 2. The lowest BCUT2D eigenvalue weighted by atomic mass is 10.0. The second-order valence-corrected chi connectivity index (χ2v) is 4.42. The summed E-state index contributed by atoms with van der Waals surface area (Å²) >= 11 is 0. The molecule has 1 aromatic carbocycles. The van der Waals surface area contributed by atoms with Crippen LogP contribution < -0.4 is 5.32 Å². The summed E-state index contributed by atoms with van der Waals surface area (Å²) in [5, 5.41) is 3.22. The Hall–Kier alpha value is -1.90. The number of nitrogens with one attached hydrogen (secondary N) is 1. The van der Waals surface area contributed by atoms with Crippen molar-refractivity contribution in [3.8, 4) is 0 Å². The number of hydrogen-bond donors (Lipinski definition) is 1. The van der Waals surface area contributed by atoms with Crippen molar-refractivity contribution in [2.75, 3.05) is 12.4 Å². The molecule has 0 amide bonds. The Morgan fingerprint density at radius 2 is 2.00 bits per heavy atom. The van der Waals surface area contributed by atoms with Crippen molar-refractivity contribution < 1.29 is 0 Å². The number of hydrogen-bond acceptors (Lipinski definition) is 3. The zero-order valence-electron chi connectivity index (χ0n) is 11.2. The van der Waals surface area contributed by atoms with Crippen molar-refractivity contribution in [3.63, 3.8) is 0 Å². The predicted molar refractivity (Wildman–Crippen MR) is 74.9 cm³/mol. The minimum absolute atomic E-state index is 0.861. The lowest BCUT2D eigenvalue weighted by Gasteiger charge is -2.10. The van der Waals surface area contributed by atoms with E-state index >= 15 is 0 Å². The summed E-state index contributed by atoms with van der Waals surface area (Å²) in [6, 6.07) is 8.59. The maximum Gasteiger partial charge on any atom is 0.115 e. The summed E-state index contributed by atoms with van der Waals surface area (Å²) in [4.78, 5) is 8.43. The Morgan fingerprint density at radius 1 is 1.17 bits per heavy atom. The molecule has 0 bridgehead atoms. The van der Waals surface area contributed by atoms with Gasteiger partial charge in [-0.05, 0) is 36.6 Å². The largest absolute Gasteiger partial charge is 0.388 e. The van der Waals surface area contributed by atoms with Gasteiger partial charge in [-0.3, -0.25) is 0 Å². The van der Waals surface area contributed by atoms with E-state index in [0.29, 0.717) is 0 Å². The molecular formula is C15H19N3. The van der Waals surface area contributed by atoms with Crippen LogP contribution in [-0.2, 0) is 12.8 Å². The molecule has 0 unspecified atom stereocenters. The summed E-state index contributed by atoms with van der Waals surface area (Å²) < 4.78 is 0. The number of benzene rings is 1. The van der Waals surface area contributed by atoms with E-state index in [0.717, 1.165) is 24.2 Å². The lowest BCUT2D eigenvalue weighted by Crippen LogP contribution is -1.98. The second-order valence-electron chi connectivity index (χ2n) is 4.42. The van der Waals surface area contributed by atoms with Crippen LogP contribution in [0.25, 0.3) is 0 Å². The third kappa shape index (κ3) is 2.86. The molecule has 0 aliphatic rings. The van der Waals surface area contributed by atoms with Crippen molar-refractivity contribution in [1.29, 1.82) is 0 Å². The Balaban J connectivity index is 2.24. The molecule has 2 rings (SSSR count). The van der Waals surface area contributed by atoms with E-state index < -0.39 is 0 Å². The molecular weight excluding hydrogens is 222 g/mol. The van der Waals surface area contributed by atoms with Crippen molar-refractivity contribution in [2.45, 2.75) is 26.7 Å². The summed E-state index contributed by atoms with van der Waals surface area (Å²) in [7, 11) is 1.96. The molecule has 1 N–H and O–H groups in total. The number of anilines is 1. The Kier molecular flexibility index (Phi) is 3.92.